The molecule has 0 aromatic rings. The van der Waals surface area contributed by atoms with Crippen LogP contribution in [0.15, 0.2) is 0 Å². The van der Waals surface area contributed by atoms with Crippen molar-refractivity contribution in [1.82, 2.24) is 8.15 Å². The van der Waals surface area contributed by atoms with E-state index >= 15 is 0 Å². The van der Waals surface area contributed by atoms with Crippen molar-refractivity contribution in [2.45, 2.75) is 25.9 Å². The molecule has 0 amide bonds. The van der Waals surface area contributed by atoms with Gasteiger partial charge >= 0.3 is 0 Å². The second-order valence-electron chi connectivity index (χ2n) is 2.60. The molecule has 0 aliphatic carbocycles. The number of rotatable bonds is 2. The molecular weight excluding hydrogens is 195 g/mol. The highest BCUT2D eigenvalue weighted by atomic mass is 32.2. The van der Waals surface area contributed by atoms with Crippen molar-refractivity contribution in [3.8, 4) is 0 Å². The first-order valence-electron chi connectivity index (χ1n) is 3.63. The molecule has 1 fully saturated rings. The van der Waals surface area contributed by atoms with Crippen molar-refractivity contribution < 1.29 is 0 Å². The van der Waals surface area contributed by atoms with Crippen LogP contribution in [0.2, 0.25) is 0 Å². The van der Waals surface area contributed by atoms with Crippen molar-refractivity contribution in [3.05, 3.63) is 0 Å². The normalized spacial score (nSPS) is 34.9. The molecule has 11 heavy (non-hydrogen) atoms. The monoisotopic (exact) mass is 210 g/mol. The van der Waals surface area contributed by atoms with Gasteiger partial charge in [-0.3, -0.25) is 0 Å². The molecule has 0 aromatic heterocycles. The summed E-state index contributed by atoms with van der Waals surface area (Å²) >= 11 is 3.71. The molecule has 0 radical (unpaired) electrons. The van der Waals surface area contributed by atoms with Crippen LogP contribution in [-0.4, -0.2) is 32.7 Å². The lowest BCUT2D eigenvalue weighted by Gasteiger charge is -2.17. The molecule has 0 bridgehead atoms. The topological polar surface area (TPSA) is 6.48 Å². The Kier molecular flexibility index (Phi) is 3.99. The third kappa shape index (κ3) is 2.04. The molecule has 0 N–H and O–H groups in total. The molecule has 1 aliphatic rings. The first-order chi connectivity index (χ1) is 5.20. The SMILES string of the molecule is CSN1PN(SC)[C@H](C)[C@H]1C. The number of hydrogen-bond acceptors (Lipinski definition) is 4. The Morgan fingerprint density at radius 1 is 1.00 bits per heavy atom. The van der Waals surface area contributed by atoms with Gasteiger partial charge in [0.2, 0.25) is 0 Å². The maximum atomic E-state index is 2.45. The smallest absolute Gasteiger partial charge is 0.0450 e. The van der Waals surface area contributed by atoms with E-state index in [0.29, 0.717) is 12.1 Å². The average molecular weight is 210 g/mol. The maximum Gasteiger partial charge on any atom is 0.0450 e. The van der Waals surface area contributed by atoms with Gasteiger partial charge in [-0.15, -0.1) is 0 Å². The number of nitrogens with zero attached hydrogens (tertiary/aromatic N) is 2. The van der Waals surface area contributed by atoms with Crippen LogP contribution in [0.1, 0.15) is 13.8 Å². The molecule has 2 nitrogen and oxygen atoms in total. The van der Waals surface area contributed by atoms with Gasteiger partial charge < -0.3 is 0 Å². The average Bonchev–Trinajstić information content (AvgIpc) is 2.30. The minimum Gasteiger partial charge on any atom is -0.212 e. The number of hydrogen-bond donors (Lipinski definition) is 0. The summed E-state index contributed by atoms with van der Waals surface area (Å²) in [5, 5.41) is 0. The quantitative estimate of drug-likeness (QED) is 0.510. The second-order valence-corrected chi connectivity index (χ2v) is 5.93. The van der Waals surface area contributed by atoms with E-state index in [9.17, 15) is 0 Å². The Bertz CT molecular complexity index is 118. The summed E-state index contributed by atoms with van der Waals surface area (Å²) in [6, 6.07) is 1.38. The summed E-state index contributed by atoms with van der Waals surface area (Å²) < 4.78 is 4.89. The van der Waals surface area contributed by atoms with Crippen molar-refractivity contribution in [1.29, 1.82) is 0 Å². The van der Waals surface area contributed by atoms with E-state index in [1.54, 1.807) is 0 Å². The lowest BCUT2D eigenvalue weighted by molar-refractivity contribution is 0.444. The third-order valence-corrected chi connectivity index (χ3v) is 6.27. The second kappa shape index (κ2) is 4.33. The van der Waals surface area contributed by atoms with Crippen molar-refractivity contribution >= 4 is 32.8 Å². The van der Waals surface area contributed by atoms with Crippen LogP contribution >= 0.6 is 32.8 Å². The van der Waals surface area contributed by atoms with E-state index in [2.05, 4.69) is 34.5 Å². The fraction of sp³-hybridized carbons (Fsp3) is 1.00. The Morgan fingerprint density at radius 2 is 1.36 bits per heavy atom. The highest BCUT2D eigenvalue weighted by Crippen LogP contribution is 2.46. The summed E-state index contributed by atoms with van der Waals surface area (Å²) in [5.74, 6) is 0. The fourth-order valence-electron chi connectivity index (χ4n) is 1.09. The molecule has 1 rings (SSSR count). The van der Waals surface area contributed by atoms with E-state index in [4.69, 9.17) is 0 Å². The minimum atomic E-state index is 0.691. The summed E-state index contributed by atoms with van der Waals surface area (Å²) in [7, 11) is 0.844. The van der Waals surface area contributed by atoms with Gasteiger partial charge in [-0.25, -0.2) is 8.15 Å². The molecule has 0 aromatic carbocycles. The van der Waals surface area contributed by atoms with Gasteiger partial charge in [0.25, 0.3) is 0 Å². The third-order valence-electron chi connectivity index (χ3n) is 2.03. The van der Waals surface area contributed by atoms with Gasteiger partial charge in [-0.05, 0) is 26.4 Å². The molecule has 0 spiro atoms. The van der Waals surface area contributed by atoms with E-state index < -0.39 is 0 Å². The maximum absolute atomic E-state index is 2.45. The molecule has 1 saturated heterocycles. The Balaban J connectivity index is 2.53. The lowest BCUT2D eigenvalue weighted by atomic mass is 10.2. The van der Waals surface area contributed by atoms with Crippen LogP contribution in [0.25, 0.3) is 0 Å². The summed E-state index contributed by atoms with van der Waals surface area (Å²) in [6.45, 7) is 4.59. The molecular formula is C6H15N2PS2. The van der Waals surface area contributed by atoms with Crippen LogP contribution in [0, 0.1) is 0 Å². The van der Waals surface area contributed by atoms with E-state index in [1.807, 2.05) is 23.9 Å². The van der Waals surface area contributed by atoms with Gasteiger partial charge in [-0.1, -0.05) is 23.9 Å². The Hall–Kier alpha value is 1.05. The molecule has 2 atom stereocenters. The van der Waals surface area contributed by atoms with Crippen LogP contribution in [0.3, 0.4) is 0 Å². The van der Waals surface area contributed by atoms with E-state index in [0.717, 1.165) is 8.88 Å². The van der Waals surface area contributed by atoms with Crippen molar-refractivity contribution in [2.75, 3.05) is 12.5 Å². The first kappa shape index (κ1) is 10.1. The zero-order valence-electron chi connectivity index (χ0n) is 7.37. The van der Waals surface area contributed by atoms with Crippen molar-refractivity contribution in [2.24, 2.45) is 0 Å². The predicted molar refractivity (Wildman–Crippen MR) is 57.9 cm³/mol. The van der Waals surface area contributed by atoms with Crippen molar-refractivity contribution in [3.63, 3.8) is 0 Å². The summed E-state index contributed by atoms with van der Waals surface area (Å²) in [4.78, 5) is 0. The molecule has 0 saturated carbocycles. The van der Waals surface area contributed by atoms with Crippen LogP contribution in [0.5, 0.6) is 0 Å². The molecule has 0 unspecified atom stereocenters. The van der Waals surface area contributed by atoms with Gasteiger partial charge in [0.15, 0.2) is 0 Å². The molecule has 66 valence electrons. The molecule has 5 heteroatoms. The molecule has 1 heterocycles. The Morgan fingerprint density at radius 3 is 1.55 bits per heavy atom. The van der Waals surface area contributed by atoms with Gasteiger partial charge in [-0.2, -0.15) is 0 Å². The largest absolute Gasteiger partial charge is 0.212 e. The van der Waals surface area contributed by atoms with E-state index in [1.165, 1.54) is 0 Å². The van der Waals surface area contributed by atoms with Gasteiger partial charge in [0, 0.05) is 21.0 Å². The first-order valence-corrected chi connectivity index (χ1v) is 6.89. The fourth-order valence-corrected chi connectivity index (χ4v) is 4.43. The summed E-state index contributed by atoms with van der Waals surface area (Å²) in [5.41, 5.74) is 0. The van der Waals surface area contributed by atoms with E-state index in [-0.39, 0.29) is 0 Å². The highest BCUT2D eigenvalue weighted by molar-refractivity contribution is 8.03. The van der Waals surface area contributed by atoms with Crippen LogP contribution in [0.4, 0.5) is 0 Å². The Labute approximate surface area is 79.6 Å². The zero-order valence-corrected chi connectivity index (χ0v) is 10.00. The lowest BCUT2D eigenvalue weighted by Crippen LogP contribution is -2.27. The molecule has 1 aliphatic heterocycles. The standard InChI is InChI=1S/C6H15N2PS2/c1-5-6(2)8(11-4)9-7(5)10-3/h5-6,9H,1-4H3/t5-,6-/m1/s1. The minimum absolute atomic E-state index is 0.691. The van der Waals surface area contributed by atoms with Gasteiger partial charge in [0.05, 0.1) is 0 Å². The zero-order chi connectivity index (χ0) is 8.43. The highest BCUT2D eigenvalue weighted by Gasteiger charge is 2.33. The summed E-state index contributed by atoms with van der Waals surface area (Å²) in [6.07, 6.45) is 4.31. The predicted octanol–water partition coefficient (Wildman–Crippen LogP) is 2.45. The van der Waals surface area contributed by atoms with Crippen LogP contribution < -0.4 is 0 Å². The van der Waals surface area contributed by atoms with Crippen LogP contribution in [-0.2, 0) is 0 Å². The van der Waals surface area contributed by atoms with Gasteiger partial charge in [0.1, 0.15) is 0 Å².